The second kappa shape index (κ2) is 6.78. The van der Waals surface area contributed by atoms with Crippen LogP contribution in [0, 0.1) is 0 Å². The first-order valence-electron chi connectivity index (χ1n) is 9.48. The largest absolute Gasteiger partial charge is 0.445 e. The van der Waals surface area contributed by atoms with Crippen molar-refractivity contribution in [2.45, 2.75) is 31.7 Å². The molecule has 0 spiro atoms. The number of amides is 1. The number of aromatic nitrogens is 2. The van der Waals surface area contributed by atoms with Gasteiger partial charge in [0.25, 0.3) is 5.91 Å². The normalized spacial score (nSPS) is 17.9. The van der Waals surface area contributed by atoms with Gasteiger partial charge < -0.3 is 14.1 Å². The molecule has 0 aliphatic carbocycles. The number of nitrogens with zero attached hydrogens (tertiary/aromatic N) is 3. The molecule has 1 amide bonds. The van der Waals surface area contributed by atoms with Gasteiger partial charge in [-0.1, -0.05) is 18.2 Å². The molecule has 0 unspecified atom stereocenters. The predicted molar refractivity (Wildman–Crippen MR) is 99.5 cm³/mol. The van der Waals surface area contributed by atoms with Crippen LogP contribution in [0.15, 0.2) is 40.9 Å². The van der Waals surface area contributed by atoms with Crippen molar-refractivity contribution >= 4 is 16.8 Å². The van der Waals surface area contributed by atoms with Gasteiger partial charge in [-0.15, -0.1) is 0 Å². The average Bonchev–Trinajstić information content (AvgIpc) is 3.17. The first kappa shape index (κ1) is 16.4. The molecule has 6 nitrogen and oxygen atoms in total. The van der Waals surface area contributed by atoms with Gasteiger partial charge in [0.15, 0.2) is 5.89 Å². The van der Waals surface area contributed by atoms with E-state index in [1.807, 2.05) is 35.2 Å². The third kappa shape index (κ3) is 3.10. The molecule has 4 heterocycles. The van der Waals surface area contributed by atoms with Crippen LogP contribution in [0.2, 0.25) is 0 Å². The summed E-state index contributed by atoms with van der Waals surface area (Å²) in [5, 5.41) is 0.976. The summed E-state index contributed by atoms with van der Waals surface area (Å²) in [4.78, 5) is 23.9. The molecular formula is C21H21N3O3. The molecule has 3 aromatic rings. The zero-order valence-corrected chi connectivity index (χ0v) is 15.1. The summed E-state index contributed by atoms with van der Waals surface area (Å²) in [5.41, 5.74) is 2.41. The predicted octanol–water partition coefficient (Wildman–Crippen LogP) is 3.32. The Bertz CT molecular complexity index is 991. The highest BCUT2D eigenvalue weighted by molar-refractivity contribution is 5.97. The lowest BCUT2D eigenvalue weighted by atomic mass is 10.0. The number of carbonyl (C=O) groups is 1. The summed E-state index contributed by atoms with van der Waals surface area (Å²) < 4.78 is 11.4. The van der Waals surface area contributed by atoms with Gasteiger partial charge in [0.2, 0.25) is 0 Å². The van der Waals surface area contributed by atoms with E-state index in [2.05, 4.69) is 4.98 Å². The molecule has 0 radical (unpaired) electrons. The molecule has 138 valence electrons. The van der Waals surface area contributed by atoms with Crippen molar-refractivity contribution in [2.24, 2.45) is 0 Å². The van der Waals surface area contributed by atoms with E-state index in [1.165, 1.54) is 0 Å². The Morgan fingerprint density at radius 2 is 2.04 bits per heavy atom. The molecule has 2 aromatic heterocycles. The van der Waals surface area contributed by atoms with Crippen LogP contribution in [-0.2, 0) is 17.7 Å². The van der Waals surface area contributed by atoms with E-state index in [1.54, 1.807) is 6.20 Å². The Kier molecular flexibility index (Phi) is 4.13. The molecule has 0 atom stereocenters. The van der Waals surface area contributed by atoms with Crippen LogP contribution in [0.5, 0.6) is 0 Å². The van der Waals surface area contributed by atoms with Crippen LogP contribution in [0.4, 0.5) is 0 Å². The zero-order chi connectivity index (χ0) is 18.2. The number of hydrogen-bond acceptors (Lipinski definition) is 5. The number of carbonyl (C=O) groups excluding carboxylic acids is 1. The van der Waals surface area contributed by atoms with Gasteiger partial charge in [-0.05, 0) is 25.0 Å². The number of pyridine rings is 1. The summed E-state index contributed by atoms with van der Waals surface area (Å²) in [5.74, 6) is 2.06. The number of ether oxygens (including phenoxy) is 1. The lowest BCUT2D eigenvalue weighted by Gasteiger charge is -2.25. The Morgan fingerprint density at radius 1 is 1.19 bits per heavy atom. The highest BCUT2D eigenvalue weighted by Crippen LogP contribution is 2.30. The number of benzene rings is 1. The van der Waals surface area contributed by atoms with Crippen LogP contribution >= 0.6 is 0 Å². The minimum Gasteiger partial charge on any atom is -0.445 e. The SMILES string of the molecule is O=C(c1cnc2ccccc2c1)N1CCc2oc(C3CCOCC3)nc2C1. The first-order chi connectivity index (χ1) is 13.3. The minimum absolute atomic E-state index is 0.00507. The van der Waals surface area contributed by atoms with Gasteiger partial charge >= 0.3 is 0 Å². The Morgan fingerprint density at radius 3 is 2.93 bits per heavy atom. The molecule has 1 fully saturated rings. The van der Waals surface area contributed by atoms with E-state index in [0.29, 0.717) is 31.0 Å². The van der Waals surface area contributed by atoms with Gasteiger partial charge in [-0.2, -0.15) is 0 Å². The molecule has 1 aromatic carbocycles. The van der Waals surface area contributed by atoms with Gasteiger partial charge in [-0.3, -0.25) is 9.78 Å². The molecule has 0 bridgehead atoms. The van der Waals surface area contributed by atoms with Gasteiger partial charge in [-0.25, -0.2) is 4.98 Å². The fourth-order valence-corrected chi connectivity index (χ4v) is 3.88. The molecule has 2 aliphatic heterocycles. The topological polar surface area (TPSA) is 68.5 Å². The van der Waals surface area contributed by atoms with Crippen LogP contribution < -0.4 is 0 Å². The van der Waals surface area contributed by atoms with E-state index >= 15 is 0 Å². The molecule has 27 heavy (non-hydrogen) atoms. The number of hydrogen-bond donors (Lipinski definition) is 0. The van der Waals surface area contributed by atoms with E-state index in [0.717, 1.165) is 54.3 Å². The van der Waals surface area contributed by atoms with E-state index in [4.69, 9.17) is 14.1 Å². The van der Waals surface area contributed by atoms with Crippen molar-refractivity contribution in [1.82, 2.24) is 14.9 Å². The molecule has 0 saturated carbocycles. The van der Waals surface area contributed by atoms with Gasteiger partial charge in [0.05, 0.1) is 17.6 Å². The van der Waals surface area contributed by atoms with Crippen molar-refractivity contribution in [3.05, 3.63) is 59.4 Å². The monoisotopic (exact) mass is 363 g/mol. The fraction of sp³-hybridized carbons (Fsp3) is 0.381. The molecule has 6 heteroatoms. The number of fused-ring (bicyclic) bond motifs is 2. The van der Waals surface area contributed by atoms with Crippen LogP contribution in [0.3, 0.4) is 0 Å². The number of para-hydroxylation sites is 1. The van der Waals surface area contributed by atoms with E-state index < -0.39 is 0 Å². The molecule has 5 rings (SSSR count). The first-order valence-corrected chi connectivity index (χ1v) is 9.48. The van der Waals surface area contributed by atoms with Crippen molar-refractivity contribution in [1.29, 1.82) is 0 Å². The third-order valence-corrected chi connectivity index (χ3v) is 5.44. The zero-order valence-electron chi connectivity index (χ0n) is 15.1. The van der Waals surface area contributed by atoms with Crippen molar-refractivity contribution in [3.63, 3.8) is 0 Å². The smallest absolute Gasteiger partial charge is 0.255 e. The maximum atomic E-state index is 13.0. The van der Waals surface area contributed by atoms with E-state index in [9.17, 15) is 4.79 Å². The summed E-state index contributed by atoms with van der Waals surface area (Å²) in [6.07, 6.45) is 4.27. The highest BCUT2D eigenvalue weighted by Gasteiger charge is 2.29. The molecule has 2 aliphatic rings. The Hall–Kier alpha value is -2.73. The van der Waals surface area contributed by atoms with Gasteiger partial charge in [0, 0.05) is 43.7 Å². The van der Waals surface area contributed by atoms with E-state index in [-0.39, 0.29) is 5.91 Å². The molecular weight excluding hydrogens is 342 g/mol. The number of rotatable bonds is 2. The van der Waals surface area contributed by atoms with Crippen molar-refractivity contribution < 1.29 is 13.9 Å². The second-order valence-electron chi connectivity index (χ2n) is 7.20. The van der Waals surface area contributed by atoms with Crippen LogP contribution in [-0.4, -0.2) is 40.5 Å². The lowest BCUT2D eigenvalue weighted by Crippen LogP contribution is -2.35. The quantitative estimate of drug-likeness (QED) is 0.699. The highest BCUT2D eigenvalue weighted by atomic mass is 16.5. The maximum Gasteiger partial charge on any atom is 0.255 e. The number of oxazole rings is 1. The lowest BCUT2D eigenvalue weighted by molar-refractivity contribution is 0.0725. The third-order valence-electron chi connectivity index (χ3n) is 5.44. The summed E-state index contributed by atoms with van der Waals surface area (Å²) in [6, 6.07) is 9.74. The average molecular weight is 363 g/mol. The molecule has 0 N–H and O–H groups in total. The summed E-state index contributed by atoms with van der Waals surface area (Å²) in [7, 11) is 0. The molecule has 1 saturated heterocycles. The summed E-state index contributed by atoms with van der Waals surface area (Å²) >= 11 is 0. The summed E-state index contributed by atoms with van der Waals surface area (Å²) in [6.45, 7) is 2.66. The Labute approximate surface area is 157 Å². The second-order valence-corrected chi connectivity index (χ2v) is 7.20. The van der Waals surface area contributed by atoms with Crippen LogP contribution in [0.1, 0.15) is 46.5 Å². The van der Waals surface area contributed by atoms with Crippen molar-refractivity contribution in [2.75, 3.05) is 19.8 Å². The van der Waals surface area contributed by atoms with Crippen LogP contribution in [0.25, 0.3) is 10.9 Å². The van der Waals surface area contributed by atoms with Crippen molar-refractivity contribution in [3.8, 4) is 0 Å². The minimum atomic E-state index is -0.00507. The van der Waals surface area contributed by atoms with Gasteiger partial charge in [0.1, 0.15) is 11.5 Å². The fourth-order valence-electron chi connectivity index (χ4n) is 3.88. The maximum absolute atomic E-state index is 13.0. The standard InChI is InChI=1S/C21H21N3O3/c25-21(16-11-15-3-1-2-4-17(15)22-12-16)24-8-5-19-18(13-24)23-20(27-19)14-6-9-26-10-7-14/h1-4,11-12,14H,5-10,13H2. The Balaban J connectivity index is 1.36.